The van der Waals surface area contributed by atoms with Gasteiger partial charge in [-0.15, -0.1) is 0 Å². The molecule has 3 rings (SSSR count). The maximum Gasteiger partial charge on any atom is 0.102 e. The predicted molar refractivity (Wildman–Crippen MR) is 89.4 cm³/mol. The summed E-state index contributed by atoms with van der Waals surface area (Å²) in [5.74, 6) is 0. The molecule has 4 nitrogen and oxygen atoms in total. The summed E-state index contributed by atoms with van der Waals surface area (Å²) in [6.07, 6.45) is 3.68. The van der Waals surface area contributed by atoms with Crippen LogP contribution in [0.1, 0.15) is 17.2 Å². The molecule has 2 aromatic carbocycles. The zero-order valence-electron chi connectivity index (χ0n) is 12.8. The Labute approximate surface area is 130 Å². The van der Waals surface area contributed by atoms with Crippen molar-refractivity contribution < 1.29 is 4.74 Å². The van der Waals surface area contributed by atoms with Crippen LogP contribution in [0.2, 0.25) is 0 Å². The summed E-state index contributed by atoms with van der Waals surface area (Å²) in [6.45, 7) is 0.587. The number of benzene rings is 2. The predicted octanol–water partition coefficient (Wildman–Crippen LogP) is 3.38. The molecule has 3 aromatic rings. The molecule has 0 aliphatic heterocycles. The highest BCUT2D eigenvalue weighted by molar-refractivity contribution is 5.96. The first-order valence-electron chi connectivity index (χ1n) is 7.27. The second-order valence-electron chi connectivity index (χ2n) is 5.20. The van der Waals surface area contributed by atoms with Crippen LogP contribution in [0.4, 0.5) is 0 Å². The van der Waals surface area contributed by atoms with E-state index in [-0.39, 0.29) is 6.10 Å². The highest BCUT2D eigenvalue weighted by Gasteiger charge is 2.08. The molecule has 0 saturated heterocycles. The molecule has 0 aliphatic carbocycles. The number of hydrogen-bond acceptors (Lipinski definition) is 3. The number of methoxy groups -OCH3 is 1. The Bertz CT molecular complexity index is 777. The minimum absolute atomic E-state index is 0.0274. The van der Waals surface area contributed by atoms with Crippen molar-refractivity contribution in [2.75, 3.05) is 13.7 Å². The third kappa shape index (κ3) is 2.92. The summed E-state index contributed by atoms with van der Waals surface area (Å²) in [5.41, 5.74) is 4.25. The second-order valence-corrected chi connectivity index (χ2v) is 5.20. The van der Waals surface area contributed by atoms with Crippen molar-refractivity contribution in [3.05, 3.63) is 66.0 Å². The van der Waals surface area contributed by atoms with Crippen LogP contribution >= 0.6 is 0 Å². The molecule has 0 radical (unpaired) electrons. The van der Waals surface area contributed by atoms with Gasteiger partial charge >= 0.3 is 0 Å². The second kappa shape index (κ2) is 6.54. The normalized spacial score (nSPS) is 13.0. The van der Waals surface area contributed by atoms with E-state index >= 15 is 0 Å². The smallest absolute Gasteiger partial charge is 0.102 e. The van der Waals surface area contributed by atoms with Crippen molar-refractivity contribution in [3.63, 3.8) is 0 Å². The van der Waals surface area contributed by atoms with Gasteiger partial charge in [0.05, 0.1) is 23.9 Å². The van der Waals surface area contributed by atoms with Crippen LogP contribution in [0.25, 0.3) is 11.0 Å². The van der Waals surface area contributed by atoms with Gasteiger partial charge in [0.25, 0.3) is 0 Å². The number of nitrogens with zero attached hydrogens (tertiary/aromatic N) is 3. The van der Waals surface area contributed by atoms with Crippen LogP contribution < -0.4 is 0 Å². The van der Waals surface area contributed by atoms with E-state index in [4.69, 9.17) is 4.74 Å². The van der Waals surface area contributed by atoms with Crippen LogP contribution in [0, 0.1) is 0 Å². The largest absolute Gasteiger partial charge is 0.375 e. The van der Waals surface area contributed by atoms with E-state index in [1.54, 1.807) is 7.11 Å². The summed E-state index contributed by atoms with van der Waals surface area (Å²) >= 11 is 0. The zero-order valence-corrected chi connectivity index (χ0v) is 12.8. The number of hydrogen-bond donors (Lipinski definition) is 0. The monoisotopic (exact) mass is 293 g/mol. The summed E-state index contributed by atoms with van der Waals surface area (Å²) < 4.78 is 7.54. The maximum absolute atomic E-state index is 5.53. The van der Waals surface area contributed by atoms with Crippen LogP contribution in [-0.2, 0) is 11.8 Å². The van der Waals surface area contributed by atoms with Crippen molar-refractivity contribution in [1.82, 2.24) is 9.55 Å². The van der Waals surface area contributed by atoms with Gasteiger partial charge in [0, 0.05) is 25.9 Å². The number of aliphatic imine (C=N–C) groups is 1. The Balaban J connectivity index is 1.78. The van der Waals surface area contributed by atoms with E-state index in [0.717, 1.165) is 22.2 Å². The number of fused-ring (bicyclic) bond motifs is 1. The number of ether oxygens (including phenoxy) is 1. The van der Waals surface area contributed by atoms with E-state index in [9.17, 15) is 0 Å². The summed E-state index contributed by atoms with van der Waals surface area (Å²) in [6, 6.07) is 16.3. The van der Waals surface area contributed by atoms with Gasteiger partial charge in [0.2, 0.25) is 0 Å². The molecule has 0 aliphatic rings. The molecular formula is C18H19N3O. The van der Waals surface area contributed by atoms with Gasteiger partial charge in [0.15, 0.2) is 0 Å². The Morgan fingerprint density at radius 1 is 1.18 bits per heavy atom. The number of aromatic nitrogens is 2. The first-order valence-corrected chi connectivity index (χ1v) is 7.27. The van der Waals surface area contributed by atoms with Gasteiger partial charge in [-0.25, -0.2) is 4.98 Å². The first kappa shape index (κ1) is 14.5. The lowest BCUT2D eigenvalue weighted by Gasteiger charge is -2.12. The van der Waals surface area contributed by atoms with Crippen molar-refractivity contribution in [2.45, 2.75) is 6.10 Å². The molecule has 1 atom stereocenters. The van der Waals surface area contributed by atoms with E-state index in [1.165, 1.54) is 0 Å². The summed E-state index contributed by atoms with van der Waals surface area (Å²) in [4.78, 5) is 8.98. The lowest BCUT2D eigenvalue weighted by molar-refractivity contribution is 0.111. The molecule has 22 heavy (non-hydrogen) atoms. The Hall–Kier alpha value is -2.46. The van der Waals surface area contributed by atoms with Crippen molar-refractivity contribution >= 4 is 17.2 Å². The molecule has 0 N–H and O–H groups in total. The van der Waals surface area contributed by atoms with Crippen LogP contribution in [-0.4, -0.2) is 29.4 Å². The minimum Gasteiger partial charge on any atom is -0.375 e. The number of rotatable bonds is 5. The lowest BCUT2D eigenvalue weighted by atomic mass is 10.1. The average Bonchev–Trinajstić information content (AvgIpc) is 2.95. The molecule has 1 aromatic heterocycles. The third-order valence-corrected chi connectivity index (χ3v) is 3.74. The Morgan fingerprint density at radius 2 is 2.00 bits per heavy atom. The van der Waals surface area contributed by atoms with Gasteiger partial charge < -0.3 is 9.30 Å². The molecule has 4 heteroatoms. The standard InChI is InChI=1S/C18H19N3O/c1-21-13-20-18-15(9-6-10-16(18)21)11-19-12-17(22-2)14-7-4-3-5-8-14/h3-11,13,17H,12H2,1-2H3. The van der Waals surface area contributed by atoms with Crippen LogP contribution in [0.3, 0.4) is 0 Å². The summed E-state index contributed by atoms with van der Waals surface area (Å²) in [7, 11) is 3.71. The van der Waals surface area contributed by atoms with Crippen LogP contribution in [0.15, 0.2) is 59.9 Å². The van der Waals surface area contributed by atoms with Gasteiger partial charge in [0.1, 0.15) is 6.10 Å². The van der Waals surface area contributed by atoms with E-state index in [0.29, 0.717) is 6.54 Å². The molecule has 0 spiro atoms. The minimum atomic E-state index is -0.0274. The van der Waals surface area contributed by atoms with E-state index < -0.39 is 0 Å². The zero-order chi connectivity index (χ0) is 15.4. The Morgan fingerprint density at radius 3 is 2.77 bits per heavy atom. The molecule has 112 valence electrons. The number of aryl methyl sites for hydroxylation is 1. The molecular weight excluding hydrogens is 274 g/mol. The van der Waals surface area contributed by atoms with Gasteiger partial charge in [-0.1, -0.05) is 42.5 Å². The molecule has 1 unspecified atom stereocenters. The highest BCUT2D eigenvalue weighted by atomic mass is 16.5. The van der Waals surface area contributed by atoms with Crippen molar-refractivity contribution in [3.8, 4) is 0 Å². The molecule has 0 fully saturated rings. The highest BCUT2D eigenvalue weighted by Crippen LogP contribution is 2.18. The van der Waals surface area contributed by atoms with Crippen molar-refractivity contribution in [1.29, 1.82) is 0 Å². The fraction of sp³-hybridized carbons (Fsp3) is 0.222. The first-order chi connectivity index (χ1) is 10.8. The molecule has 0 saturated carbocycles. The van der Waals surface area contributed by atoms with Gasteiger partial charge in [-0.05, 0) is 11.6 Å². The molecule has 0 amide bonds. The van der Waals surface area contributed by atoms with Crippen LogP contribution in [0.5, 0.6) is 0 Å². The quantitative estimate of drug-likeness (QED) is 0.676. The van der Waals surface area contributed by atoms with Gasteiger partial charge in [-0.3, -0.25) is 4.99 Å². The molecule has 0 bridgehead atoms. The maximum atomic E-state index is 5.53. The number of imidazole rings is 1. The fourth-order valence-corrected chi connectivity index (χ4v) is 2.52. The van der Waals surface area contributed by atoms with Gasteiger partial charge in [-0.2, -0.15) is 0 Å². The Kier molecular flexibility index (Phi) is 4.30. The van der Waals surface area contributed by atoms with Crippen molar-refractivity contribution in [2.24, 2.45) is 12.0 Å². The molecule has 1 heterocycles. The lowest BCUT2D eigenvalue weighted by Crippen LogP contribution is -2.05. The van der Waals surface area contributed by atoms with E-state index in [1.807, 2.05) is 54.5 Å². The number of para-hydroxylation sites is 1. The average molecular weight is 293 g/mol. The summed E-state index contributed by atoms with van der Waals surface area (Å²) in [5, 5.41) is 0. The SMILES string of the molecule is COC(CN=Cc1cccc2c1ncn2C)c1ccccc1. The topological polar surface area (TPSA) is 39.4 Å². The third-order valence-electron chi connectivity index (χ3n) is 3.74. The van der Waals surface area contributed by atoms with E-state index in [2.05, 4.69) is 28.2 Å². The fourth-order valence-electron chi connectivity index (χ4n) is 2.52.